The van der Waals surface area contributed by atoms with Gasteiger partial charge in [-0.1, -0.05) is 125 Å². The Morgan fingerprint density at radius 1 is 0.486 bits per heavy atom. The molecule has 0 radical (unpaired) electrons. The van der Waals surface area contributed by atoms with Gasteiger partial charge in [0, 0.05) is 9.79 Å². The Morgan fingerprint density at radius 2 is 0.800 bits per heavy atom. The lowest BCUT2D eigenvalue weighted by molar-refractivity contribution is 0.362. The van der Waals surface area contributed by atoms with E-state index in [1.54, 1.807) is 0 Å². The quantitative estimate of drug-likeness (QED) is 0.136. The molecule has 2 aromatic rings. The Hall–Kier alpha value is -0.900. The second-order valence-corrected chi connectivity index (χ2v) is 14.9. The predicted molar refractivity (Wildman–Crippen MR) is 154 cm³/mol. The highest BCUT2D eigenvalue weighted by Crippen LogP contribution is 2.43. The summed E-state index contributed by atoms with van der Waals surface area (Å²) in [6, 6.07) is 16.2. The molecular formula is C30H49O3PS. The molecule has 35 heavy (non-hydrogen) atoms. The van der Waals surface area contributed by atoms with Gasteiger partial charge in [-0.15, -0.1) is 0 Å². The molecule has 198 valence electrons. The zero-order valence-corrected chi connectivity index (χ0v) is 23.8. The molecule has 2 aromatic carbocycles. The van der Waals surface area contributed by atoms with Gasteiger partial charge in [0.1, 0.15) is 0 Å². The van der Waals surface area contributed by atoms with Gasteiger partial charge in [-0.2, -0.15) is 0 Å². The minimum absolute atomic E-state index is 0.786. The maximum atomic E-state index is 10.3. The first-order valence-corrected chi connectivity index (χ1v) is 17.4. The summed E-state index contributed by atoms with van der Waals surface area (Å²) in [5.41, 5.74) is 2.54. The number of unbranched alkanes of at least 4 members (excludes halogenated alkanes) is 12. The summed E-state index contributed by atoms with van der Waals surface area (Å²) in [4.78, 5) is 32.4. The van der Waals surface area contributed by atoms with E-state index >= 15 is 0 Å². The third-order valence-corrected chi connectivity index (χ3v) is 11.3. The molecule has 3 nitrogen and oxygen atoms in total. The molecular weight excluding hydrogens is 471 g/mol. The normalized spacial score (nSPS) is 11.9. The molecule has 2 rings (SSSR count). The molecule has 0 saturated heterocycles. The smallest absolute Gasteiger partial charge is 0.286 e. The van der Waals surface area contributed by atoms with Crippen LogP contribution in [-0.2, 0) is 22.9 Å². The van der Waals surface area contributed by atoms with E-state index in [1.807, 2.05) is 24.3 Å². The maximum Gasteiger partial charge on any atom is 0.286 e. The van der Waals surface area contributed by atoms with Gasteiger partial charge >= 0.3 is 0 Å². The zero-order valence-electron chi connectivity index (χ0n) is 22.1. The van der Waals surface area contributed by atoms with Crippen molar-refractivity contribution in [2.24, 2.45) is 0 Å². The van der Waals surface area contributed by atoms with Crippen LogP contribution >= 0.6 is 6.72 Å². The van der Waals surface area contributed by atoms with Crippen LogP contribution in [0, 0.1) is 0 Å². The SMILES string of the molecule is CCCCCCCCCc1ccc(S(c2ccc(CCCCCCCCC)cc2)=P(O)(O)O)cc1. The lowest BCUT2D eigenvalue weighted by atomic mass is 10.0. The number of aryl methyl sites for hydroxylation is 2. The van der Waals surface area contributed by atoms with E-state index in [9.17, 15) is 14.7 Å². The van der Waals surface area contributed by atoms with Crippen LogP contribution in [0.3, 0.4) is 0 Å². The van der Waals surface area contributed by atoms with E-state index < -0.39 is 16.8 Å². The molecule has 0 saturated carbocycles. The second kappa shape index (κ2) is 17.5. The van der Waals surface area contributed by atoms with E-state index in [-0.39, 0.29) is 0 Å². The van der Waals surface area contributed by atoms with Gasteiger partial charge in [0.05, 0.1) is 0 Å². The van der Waals surface area contributed by atoms with Crippen LogP contribution in [0.4, 0.5) is 0 Å². The molecule has 0 unspecified atom stereocenters. The van der Waals surface area contributed by atoms with Crippen LogP contribution in [0.2, 0.25) is 0 Å². The third kappa shape index (κ3) is 12.3. The predicted octanol–water partition coefficient (Wildman–Crippen LogP) is 8.96. The first-order valence-electron chi connectivity index (χ1n) is 14.0. The summed E-state index contributed by atoms with van der Waals surface area (Å²) in [5, 5.41) is 0. The monoisotopic (exact) mass is 520 g/mol. The van der Waals surface area contributed by atoms with E-state index in [2.05, 4.69) is 38.1 Å². The van der Waals surface area contributed by atoms with Crippen molar-refractivity contribution in [3.63, 3.8) is 0 Å². The Balaban J connectivity index is 1.90. The van der Waals surface area contributed by atoms with Crippen molar-refractivity contribution in [3.8, 4) is 0 Å². The van der Waals surface area contributed by atoms with Crippen molar-refractivity contribution in [1.82, 2.24) is 0 Å². The molecule has 0 aliphatic carbocycles. The van der Waals surface area contributed by atoms with Crippen molar-refractivity contribution in [2.75, 3.05) is 0 Å². The summed E-state index contributed by atoms with van der Waals surface area (Å²) in [7, 11) is -1.13. The van der Waals surface area contributed by atoms with Crippen molar-refractivity contribution in [2.45, 2.75) is 126 Å². The Bertz CT molecular complexity index is 800. The highest BCUT2D eigenvalue weighted by Gasteiger charge is 2.17. The average Bonchev–Trinajstić information content (AvgIpc) is 2.84. The van der Waals surface area contributed by atoms with E-state index in [0.29, 0.717) is 0 Å². The van der Waals surface area contributed by atoms with Crippen LogP contribution in [0.15, 0.2) is 58.3 Å². The van der Waals surface area contributed by atoms with Gasteiger partial charge in [0.2, 0.25) is 0 Å². The lowest BCUT2D eigenvalue weighted by Gasteiger charge is -2.17. The summed E-state index contributed by atoms with van der Waals surface area (Å²) in [6.07, 6.45) is 20.3. The van der Waals surface area contributed by atoms with Crippen molar-refractivity contribution in [1.29, 1.82) is 0 Å². The molecule has 0 heterocycles. The van der Waals surface area contributed by atoms with Crippen LogP contribution in [0.25, 0.3) is 0 Å². The lowest BCUT2D eigenvalue weighted by Crippen LogP contribution is -1.98. The Kier molecular flexibility index (Phi) is 15.2. The number of hydrogen-bond donors (Lipinski definition) is 3. The van der Waals surface area contributed by atoms with Crippen LogP contribution in [0.1, 0.15) is 115 Å². The van der Waals surface area contributed by atoms with Gasteiger partial charge < -0.3 is 14.7 Å². The fourth-order valence-electron chi connectivity index (χ4n) is 4.56. The summed E-state index contributed by atoms with van der Waals surface area (Å²) in [6.45, 7) is 0.445. The molecule has 3 N–H and O–H groups in total. The van der Waals surface area contributed by atoms with E-state index in [1.165, 1.54) is 101 Å². The highest BCUT2D eigenvalue weighted by molar-refractivity contribution is 8.27. The highest BCUT2D eigenvalue weighted by atomic mass is 32.5. The fourth-order valence-corrected chi connectivity index (χ4v) is 8.61. The number of benzene rings is 2. The summed E-state index contributed by atoms with van der Waals surface area (Å²) < 4.78 is 0. The minimum Gasteiger partial charge on any atom is -0.328 e. The topological polar surface area (TPSA) is 60.7 Å². The molecule has 0 fully saturated rings. The Labute approximate surface area is 217 Å². The largest absolute Gasteiger partial charge is 0.328 e. The third-order valence-electron chi connectivity index (χ3n) is 6.68. The second-order valence-electron chi connectivity index (χ2n) is 9.83. The standard InChI is InChI=1S/C30H49O3PS/c1-3-5-7-9-11-13-15-17-27-19-23-29(24-20-27)35(34(31,32)33)30-25-21-28(22-26-30)18-16-14-12-10-8-6-4-2/h19-26,31-33H,3-18H2,1-2H3. The molecule has 0 bridgehead atoms. The minimum atomic E-state index is -4.05. The summed E-state index contributed by atoms with van der Waals surface area (Å²) in [5.74, 6) is 0. The fraction of sp³-hybridized carbons (Fsp3) is 0.600. The zero-order chi connectivity index (χ0) is 25.4. The van der Waals surface area contributed by atoms with E-state index in [4.69, 9.17) is 0 Å². The van der Waals surface area contributed by atoms with Crippen molar-refractivity contribution in [3.05, 3.63) is 59.7 Å². The molecule has 0 aromatic heterocycles. The van der Waals surface area contributed by atoms with Crippen LogP contribution in [-0.4, -0.2) is 14.7 Å². The van der Waals surface area contributed by atoms with Gasteiger partial charge in [-0.3, -0.25) is 0 Å². The average molecular weight is 521 g/mol. The first-order chi connectivity index (χ1) is 17.0. The first kappa shape index (κ1) is 30.3. The maximum absolute atomic E-state index is 10.3. The van der Waals surface area contributed by atoms with Gasteiger partial charge in [0.15, 0.2) is 0 Å². The van der Waals surface area contributed by atoms with Gasteiger partial charge in [-0.25, -0.2) is 0 Å². The van der Waals surface area contributed by atoms with Gasteiger partial charge in [0.25, 0.3) is 6.72 Å². The molecule has 0 aliphatic heterocycles. The van der Waals surface area contributed by atoms with Crippen molar-refractivity contribution < 1.29 is 14.7 Å². The molecule has 5 heteroatoms. The molecule has 0 amide bonds. The molecule has 0 atom stereocenters. The summed E-state index contributed by atoms with van der Waals surface area (Å²) >= 11 is 0. The van der Waals surface area contributed by atoms with E-state index in [0.717, 1.165) is 22.6 Å². The van der Waals surface area contributed by atoms with Crippen molar-refractivity contribution >= 4 is 16.8 Å². The molecule has 0 spiro atoms. The number of hydrogen-bond acceptors (Lipinski definition) is 0. The van der Waals surface area contributed by atoms with Gasteiger partial charge in [-0.05, 0) is 61.1 Å². The molecule has 0 aliphatic rings. The van der Waals surface area contributed by atoms with Crippen LogP contribution in [0.5, 0.6) is 0 Å². The number of rotatable bonds is 18. The van der Waals surface area contributed by atoms with Crippen LogP contribution < -0.4 is 0 Å². The Morgan fingerprint density at radius 3 is 1.11 bits per heavy atom.